The largest absolute Gasteiger partial charge is 0.392 e. The van der Waals surface area contributed by atoms with E-state index in [-0.39, 0.29) is 12.6 Å². The zero-order valence-electron chi connectivity index (χ0n) is 9.48. The average Bonchev–Trinajstić information content (AvgIpc) is 2.76. The maximum absolute atomic E-state index is 9.07. The number of halogens is 1. The molecule has 1 atom stereocenters. The quantitative estimate of drug-likeness (QED) is 0.875. The number of aliphatic hydroxyl groups is 1. The summed E-state index contributed by atoms with van der Waals surface area (Å²) in [5.41, 5.74) is 3.09. The van der Waals surface area contributed by atoms with E-state index in [9.17, 15) is 0 Å². The number of thiophene rings is 1. The Hall–Kier alpha value is -1.03. The normalized spacial score (nSPS) is 12.4. The van der Waals surface area contributed by atoms with Gasteiger partial charge in [0.2, 0.25) is 0 Å². The Kier molecular flexibility index (Phi) is 4.05. The van der Waals surface area contributed by atoms with Crippen molar-refractivity contribution in [2.45, 2.75) is 19.6 Å². The Morgan fingerprint density at radius 1 is 1.41 bits per heavy atom. The van der Waals surface area contributed by atoms with Crippen molar-refractivity contribution in [1.29, 1.82) is 0 Å². The van der Waals surface area contributed by atoms with Gasteiger partial charge in [-0.2, -0.15) is 0 Å². The first-order chi connectivity index (χ1) is 8.19. The highest BCUT2D eigenvalue weighted by atomic mass is 35.5. The average molecular weight is 268 g/mol. The number of rotatable bonds is 4. The summed E-state index contributed by atoms with van der Waals surface area (Å²) in [5.74, 6) is 0. The third-order valence-electron chi connectivity index (χ3n) is 2.58. The van der Waals surface area contributed by atoms with Crippen molar-refractivity contribution in [3.63, 3.8) is 0 Å². The third kappa shape index (κ3) is 3.22. The van der Waals surface area contributed by atoms with Gasteiger partial charge in [-0.05, 0) is 41.6 Å². The maximum atomic E-state index is 9.07. The molecule has 0 saturated heterocycles. The predicted molar refractivity (Wildman–Crippen MR) is 73.7 cm³/mol. The fourth-order valence-corrected chi connectivity index (χ4v) is 2.63. The molecular weight excluding hydrogens is 254 g/mol. The van der Waals surface area contributed by atoms with Crippen LogP contribution in [0, 0.1) is 0 Å². The summed E-state index contributed by atoms with van der Waals surface area (Å²) in [6.07, 6.45) is 0. The molecule has 4 heteroatoms. The zero-order valence-corrected chi connectivity index (χ0v) is 11.1. The van der Waals surface area contributed by atoms with Crippen molar-refractivity contribution >= 4 is 28.6 Å². The van der Waals surface area contributed by atoms with Crippen LogP contribution in [0.2, 0.25) is 4.34 Å². The van der Waals surface area contributed by atoms with Gasteiger partial charge >= 0.3 is 0 Å². The van der Waals surface area contributed by atoms with Gasteiger partial charge in [0.1, 0.15) is 0 Å². The van der Waals surface area contributed by atoms with E-state index in [0.717, 1.165) is 15.6 Å². The zero-order chi connectivity index (χ0) is 12.3. The molecule has 0 saturated carbocycles. The van der Waals surface area contributed by atoms with Crippen LogP contribution >= 0.6 is 22.9 Å². The van der Waals surface area contributed by atoms with E-state index in [1.807, 2.05) is 30.3 Å². The second-order valence-corrected chi connectivity index (χ2v) is 5.45. The highest BCUT2D eigenvalue weighted by Gasteiger charge is 2.07. The van der Waals surface area contributed by atoms with Crippen molar-refractivity contribution in [2.24, 2.45) is 0 Å². The molecule has 0 radical (unpaired) electrons. The van der Waals surface area contributed by atoms with Gasteiger partial charge in [0.05, 0.1) is 10.9 Å². The van der Waals surface area contributed by atoms with Gasteiger partial charge in [0.15, 0.2) is 0 Å². The van der Waals surface area contributed by atoms with Crippen LogP contribution in [0.1, 0.15) is 24.1 Å². The van der Waals surface area contributed by atoms with E-state index in [0.29, 0.717) is 0 Å². The molecule has 1 unspecified atom stereocenters. The first-order valence-corrected chi connectivity index (χ1v) is 6.65. The summed E-state index contributed by atoms with van der Waals surface area (Å²) in [5, 5.41) is 14.5. The number of hydrogen-bond donors (Lipinski definition) is 2. The molecule has 2 nitrogen and oxygen atoms in total. The molecule has 2 rings (SSSR count). The monoisotopic (exact) mass is 267 g/mol. The Bertz CT molecular complexity index is 498. The van der Waals surface area contributed by atoms with Crippen LogP contribution < -0.4 is 5.32 Å². The molecule has 0 spiro atoms. The van der Waals surface area contributed by atoms with Gasteiger partial charge in [-0.15, -0.1) is 11.3 Å². The molecule has 1 aromatic heterocycles. The molecule has 1 heterocycles. The van der Waals surface area contributed by atoms with Crippen molar-refractivity contribution in [3.05, 3.63) is 51.2 Å². The lowest BCUT2D eigenvalue weighted by Gasteiger charge is -2.14. The molecule has 2 aromatic rings. The summed E-state index contributed by atoms with van der Waals surface area (Å²) in [6.45, 7) is 2.15. The van der Waals surface area contributed by atoms with Crippen LogP contribution in [0.3, 0.4) is 0 Å². The summed E-state index contributed by atoms with van der Waals surface area (Å²) in [7, 11) is 0. The summed E-state index contributed by atoms with van der Waals surface area (Å²) in [4.78, 5) is 0. The van der Waals surface area contributed by atoms with Crippen LogP contribution in [-0.4, -0.2) is 5.11 Å². The van der Waals surface area contributed by atoms with Gasteiger partial charge in [-0.1, -0.05) is 23.7 Å². The molecule has 17 heavy (non-hydrogen) atoms. The number of anilines is 1. The molecule has 0 aliphatic carbocycles. The van der Waals surface area contributed by atoms with E-state index in [2.05, 4.69) is 17.6 Å². The number of aliphatic hydroxyl groups excluding tert-OH is 1. The molecular formula is C13H14ClNOS. The van der Waals surface area contributed by atoms with Gasteiger partial charge in [0, 0.05) is 11.7 Å². The highest BCUT2D eigenvalue weighted by Crippen LogP contribution is 2.27. The van der Waals surface area contributed by atoms with E-state index in [1.54, 1.807) is 0 Å². The lowest BCUT2D eigenvalue weighted by molar-refractivity contribution is 0.282. The minimum absolute atomic E-state index is 0.0637. The first kappa shape index (κ1) is 12.4. The molecule has 0 amide bonds. The summed E-state index contributed by atoms with van der Waals surface area (Å²) < 4.78 is 0.803. The topological polar surface area (TPSA) is 32.3 Å². The molecule has 0 fully saturated rings. The van der Waals surface area contributed by atoms with Crippen LogP contribution in [0.4, 0.5) is 5.69 Å². The van der Waals surface area contributed by atoms with Crippen molar-refractivity contribution in [2.75, 3.05) is 5.32 Å². The minimum Gasteiger partial charge on any atom is -0.392 e. The minimum atomic E-state index is 0.0637. The van der Waals surface area contributed by atoms with Gasteiger partial charge < -0.3 is 10.4 Å². The number of nitrogens with one attached hydrogen (secondary N) is 1. The van der Waals surface area contributed by atoms with Crippen molar-refractivity contribution < 1.29 is 5.11 Å². The summed E-state index contributed by atoms with van der Waals surface area (Å²) in [6, 6.07) is 9.94. The van der Waals surface area contributed by atoms with Crippen LogP contribution in [0.15, 0.2) is 35.7 Å². The highest BCUT2D eigenvalue weighted by molar-refractivity contribution is 7.14. The van der Waals surface area contributed by atoms with Crippen LogP contribution in [-0.2, 0) is 6.61 Å². The maximum Gasteiger partial charge on any atom is 0.0931 e. The van der Waals surface area contributed by atoms with Gasteiger partial charge in [-0.3, -0.25) is 0 Å². The second-order valence-electron chi connectivity index (χ2n) is 3.91. The predicted octanol–water partition coefficient (Wildman–Crippen LogP) is 4.07. The molecule has 0 aliphatic rings. The Labute approximate surface area is 110 Å². The molecule has 2 N–H and O–H groups in total. The fraction of sp³-hybridized carbons (Fsp3) is 0.231. The van der Waals surface area contributed by atoms with E-state index in [1.165, 1.54) is 16.9 Å². The van der Waals surface area contributed by atoms with E-state index in [4.69, 9.17) is 16.7 Å². The Morgan fingerprint density at radius 3 is 2.88 bits per heavy atom. The van der Waals surface area contributed by atoms with Gasteiger partial charge in [-0.25, -0.2) is 0 Å². The molecule has 0 bridgehead atoms. The van der Waals surface area contributed by atoms with Crippen molar-refractivity contribution in [3.8, 4) is 0 Å². The van der Waals surface area contributed by atoms with Crippen LogP contribution in [0.5, 0.6) is 0 Å². The molecule has 1 aromatic carbocycles. The smallest absolute Gasteiger partial charge is 0.0931 e. The first-order valence-electron chi connectivity index (χ1n) is 5.39. The second kappa shape index (κ2) is 5.54. The Morgan fingerprint density at radius 2 is 2.24 bits per heavy atom. The SMILES string of the molecule is CC(Nc1cccc(CO)c1)c1csc(Cl)c1. The lowest BCUT2D eigenvalue weighted by atomic mass is 10.1. The molecule has 0 aliphatic heterocycles. The third-order valence-corrected chi connectivity index (χ3v) is 3.69. The Balaban J connectivity index is 2.09. The fourth-order valence-electron chi connectivity index (χ4n) is 1.64. The number of hydrogen-bond acceptors (Lipinski definition) is 3. The van der Waals surface area contributed by atoms with E-state index < -0.39 is 0 Å². The van der Waals surface area contributed by atoms with E-state index >= 15 is 0 Å². The standard InChI is InChI=1S/C13H14ClNOS/c1-9(11-6-13(14)17-8-11)15-12-4-2-3-10(5-12)7-16/h2-6,8-9,15-16H,7H2,1H3. The van der Waals surface area contributed by atoms with Crippen molar-refractivity contribution in [1.82, 2.24) is 0 Å². The lowest BCUT2D eigenvalue weighted by Crippen LogP contribution is -2.05. The molecule has 90 valence electrons. The van der Waals surface area contributed by atoms with Crippen LogP contribution in [0.25, 0.3) is 0 Å². The number of benzene rings is 1. The summed E-state index contributed by atoms with van der Waals surface area (Å²) >= 11 is 7.45. The van der Waals surface area contributed by atoms with Gasteiger partial charge in [0.25, 0.3) is 0 Å².